The number of hydrogen-bond donors (Lipinski definition) is 0. The van der Waals surface area contributed by atoms with Gasteiger partial charge in [0.25, 0.3) is 0 Å². The standard InChI is InChI=1S/C17H14FN3O4/c1-10-7-12(25-20-10)9-24-17(23)16-15(22)8-11(2)21(19-16)14-6-4-3-5-13(14)18/h3-8H,9H2,1-2H3. The highest BCUT2D eigenvalue weighted by Gasteiger charge is 2.18. The normalized spacial score (nSPS) is 10.7. The summed E-state index contributed by atoms with van der Waals surface area (Å²) in [6.45, 7) is 3.13. The molecule has 128 valence electrons. The number of para-hydroxylation sites is 1. The molecule has 1 aromatic carbocycles. The lowest BCUT2D eigenvalue weighted by molar-refractivity contribution is 0.0426. The molecule has 0 aliphatic heterocycles. The first-order valence-electron chi connectivity index (χ1n) is 7.41. The number of nitrogens with zero attached hydrogens (tertiary/aromatic N) is 3. The van der Waals surface area contributed by atoms with Crippen molar-refractivity contribution in [3.8, 4) is 5.69 Å². The van der Waals surface area contributed by atoms with Crippen molar-refractivity contribution in [1.29, 1.82) is 0 Å². The largest absolute Gasteiger partial charge is 0.453 e. The van der Waals surface area contributed by atoms with Crippen LogP contribution in [0, 0.1) is 19.7 Å². The predicted octanol–water partition coefficient (Wildman–Crippen LogP) is 2.33. The van der Waals surface area contributed by atoms with Crippen LogP contribution in [0.1, 0.15) is 27.6 Å². The molecule has 0 bridgehead atoms. The Bertz CT molecular complexity index is 994. The van der Waals surface area contributed by atoms with E-state index in [0.717, 1.165) is 0 Å². The number of halogens is 1. The third kappa shape index (κ3) is 3.47. The molecule has 0 spiro atoms. The quantitative estimate of drug-likeness (QED) is 0.676. The van der Waals surface area contributed by atoms with Crippen LogP contribution >= 0.6 is 0 Å². The fourth-order valence-electron chi connectivity index (χ4n) is 2.25. The molecule has 3 aromatic rings. The van der Waals surface area contributed by atoms with Crippen molar-refractivity contribution in [3.63, 3.8) is 0 Å². The summed E-state index contributed by atoms with van der Waals surface area (Å²) >= 11 is 0. The number of benzene rings is 1. The van der Waals surface area contributed by atoms with E-state index in [1.54, 1.807) is 26.0 Å². The van der Waals surface area contributed by atoms with Gasteiger partial charge < -0.3 is 9.26 Å². The molecule has 0 aliphatic carbocycles. The summed E-state index contributed by atoms with van der Waals surface area (Å²) in [6.07, 6.45) is 0. The van der Waals surface area contributed by atoms with Crippen LogP contribution in [0.25, 0.3) is 5.69 Å². The molecular weight excluding hydrogens is 329 g/mol. The van der Waals surface area contributed by atoms with Gasteiger partial charge in [-0.15, -0.1) is 0 Å². The topological polar surface area (TPSA) is 87.2 Å². The fourth-order valence-corrected chi connectivity index (χ4v) is 2.25. The number of aromatic nitrogens is 3. The lowest BCUT2D eigenvalue weighted by Crippen LogP contribution is -2.24. The predicted molar refractivity (Wildman–Crippen MR) is 84.9 cm³/mol. The van der Waals surface area contributed by atoms with E-state index >= 15 is 0 Å². The van der Waals surface area contributed by atoms with Crippen molar-refractivity contribution in [1.82, 2.24) is 14.9 Å². The fraction of sp³-hybridized carbons (Fsp3) is 0.176. The highest BCUT2D eigenvalue weighted by Crippen LogP contribution is 2.13. The molecule has 0 unspecified atom stereocenters. The molecule has 0 amide bonds. The number of ether oxygens (including phenoxy) is 1. The maximum absolute atomic E-state index is 14.0. The van der Waals surface area contributed by atoms with E-state index in [2.05, 4.69) is 10.3 Å². The van der Waals surface area contributed by atoms with Crippen molar-refractivity contribution in [2.24, 2.45) is 0 Å². The van der Waals surface area contributed by atoms with Crippen LogP contribution in [0.3, 0.4) is 0 Å². The zero-order valence-electron chi connectivity index (χ0n) is 13.5. The second-order valence-corrected chi connectivity index (χ2v) is 5.37. The minimum Gasteiger partial charge on any atom is -0.453 e. The van der Waals surface area contributed by atoms with Gasteiger partial charge in [-0.1, -0.05) is 17.3 Å². The van der Waals surface area contributed by atoms with Gasteiger partial charge in [0.05, 0.1) is 5.69 Å². The molecule has 2 aromatic heterocycles. The second kappa shape index (κ2) is 6.68. The Morgan fingerprint density at radius 1 is 1.28 bits per heavy atom. The summed E-state index contributed by atoms with van der Waals surface area (Å²) in [5.74, 6) is -1.12. The van der Waals surface area contributed by atoms with Gasteiger partial charge in [-0.3, -0.25) is 4.79 Å². The van der Waals surface area contributed by atoms with E-state index in [-0.39, 0.29) is 12.3 Å². The Morgan fingerprint density at radius 2 is 2.04 bits per heavy atom. The summed E-state index contributed by atoms with van der Waals surface area (Å²) in [5.41, 5.74) is 0.104. The van der Waals surface area contributed by atoms with Gasteiger partial charge in [0, 0.05) is 17.8 Å². The van der Waals surface area contributed by atoms with Crippen LogP contribution in [0.5, 0.6) is 0 Å². The Hall–Kier alpha value is -3.29. The SMILES string of the molecule is Cc1cc(COC(=O)c2nn(-c3ccccc3F)c(C)cc2=O)on1. The van der Waals surface area contributed by atoms with E-state index < -0.39 is 22.9 Å². The third-order valence-electron chi connectivity index (χ3n) is 3.40. The van der Waals surface area contributed by atoms with Gasteiger partial charge in [0.2, 0.25) is 11.1 Å². The molecule has 25 heavy (non-hydrogen) atoms. The number of hydrogen-bond acceptors (Lipinski definition) is 6. The van der Waals surface area contributed by atoms with Gasteiger partial charge in [-0.2, -0.15) is 5.10 Å². The van der Waals surface area contributed by atoms with E-state index in [1.807, 2.05) is 0 Å². The van der Waals surface area contributed by atoms with Crippen molar-refractivity contribution >= 4 is 5.97 Å². The minimum atomic E-state index is -0.927. The number of carbonyl (C=O) groups is 1. The molecule has 0 fully saturated rings. The van der Waals surface area contributed by atoms with E-state index in [9.17, 15) is 14.0 Å². The Balaban J connectivity index is 1.91. The third-order valence-corrected chi connectivity index (χ3v) is 3.40. The summed E-state index contributed by atoms with van der Waals surface area (Å²) < 4.78 is 25.1. The number of carbonyl (C=O) groups excluding carboxylic acids is 1. The van der Waals surface area contributed by atoms with Gasteiger partial charge in [0.1, 0.15) is 11.5 Å². The number of aryl methyl sites for hydroxylation is 2. The Labute approximate surface area is 141 Å². The molecule has 7 nitrogen and oxygen atoms in total. The molecule has 0 N–H and O–H groups in total. The van der Waals surface area contributed by atoms with Crippen LogP contribution in [0.2, 0.25) is 0 Å². The van der Waals surface area contributed by atoms with Crippen molar-refractivity contribution < 1.29 is 18.4 Å². The summed E-state index contributed by atoms with van der Waals surface area (Å²) in [6, 6.07) is 8.72. The van der Waals surface area contributed by atoms with Crippen LogP contribution in [0.15, 0.2) is 45.7 Å². The molecule has 0 saturated heterocycles. The lowest BCUT2D eigenvalue weighted by atomic mass is 10.2. The van der Waals surface area contributed by atoms with Crippen LogP contribution in [-0.4, -0.2) is 20.9 Å². The molecule has 0 saturated carbocycles. The first kappa shape index (κ1) is 16.6. The summed E-state index contributed by atoms with van der Waals surface area (Å²) in [5, 5.41) is 7.63. The smallest absolute Gasteiger partial charge is 0.363 e. The monoisotopic (exact) mass is 343 g/mol. The first-order valence-corrected chi connectivity index (χ1v) is 7.41. The summed E-state index contributed by atoms with van der Waals surface area (Å²) in [7, 11) is 0. The number of rotatable bonds is 4. The Morgan fingerprint density at radius 3 is 2.72 bits per heavy atom. The molecule has 2 heterocycles. The maximum atomic E-state index is 14.0. The molecule has 0 atom stereocenters. The molecule has 0 radical (unpaired) electrons. The van der Waals surface area contributed by atoms with Gasteiger partial charge >= 0.3 is 5.97 Å². The minimum absolute atomic E-state index is 0.125. The lowest BCUT2D eigenvalue weighted by Gasteiger charge is -2.11. The first-order chi connectivity index (χ1) is 12.0. The summed E-state index contributed by atoms with van der Waals surface area (Å²) in [4.78, 5) is 24.2. The van der Waals surface area contributed by atoms with Crippen LogP contribution in [0.4, 0.5) is 4.39 Å². The zero-order valence-corrected chi connectivity index (χ0v) is 13.5. The average Bonchev–Trinajstić information content (AvgIpc) is 2.99. The molecule has 8 heteroatoms. The van der Waals surface area contributed by atoms with Crippen molar-refractivity contribution in [2.45, 2.75) is 20.5 Å². The molecule has 3 rings (SSSR count). The van der Waals surface area contributed by atoms with Gasteiger partial charge in [-0.05, 0) is 26.0 Å². The van der Waals surface area contributed by atoms with Crippen molar-refractivity contribution in [2.75, 3.05) is 0 Å². The molecule has 0 aliphatic rings. The Kier molecular flexibility index (Phi) is 4.42. The van der Waals surface area contributed by atoms with E-state index in [0.29, 0.717) is 17.1 Å². The van der Waals surface area contributed by atoms with Crippen LogP contribution in [-0.2, 0) is 11.3 Å². The second-order valence-electron chi connectivity index (χ2n) is 5.37. The highest BCUT2D eigenvalue weighted by molar-refractivity contribution is 5.86. The molecular formula is C17H14FN3O4. The highest BCUT2D eigenvalue weighted by atomic mass is 19.1. The van der Waals surface area contributed by atoms with Crippen LogP contribution < -0.4 is 5.43 Å². The average molecular weight is 343 g/mol. The van der Waals surface area contributed by atoms with E-state index in [4.69, 9.17) is 9.26 Å². The van der Waals surface area contributed by atoms with E-state index in [1.165, 1.54) is 28.9 Å². The zero-order chi connectivity index (χ0) is 18.0. The van der Waals surface area contributed by atoms with Gasteiger partial charge in [-0.25, -0.2) is 13.9 Å². The van der Waals surface area contributed by atoms with Gasteiger partial charge in [0.15, 0.2) is 12.4 Å². The number of esters is 1. The maximum Gasteiger partial charge on any atom is 0.363 e. The van der Waals surface area contributed by atoms with Crippen molar-refractivity contribution in [3.05, 3.63) is 75.3 Å².